The molecule has 2 fully saturated rings. The molecule has 5 heteroatoms. The highest BCUT2D eigenvalue weighted by atomic mass is 16.7. The summed E-state index contributed by atoms with van der Waals surface area (Å²) in [7, 11) is -0.342. The fraction of sp³-hybridized carbons (Fsp3) is 0.667. The Morgan fingerprint density at radius 1 is 1.04 bits per heavy atom. The maximum absolute atomic E-state index is 9.73. The molecule has 2 atom stereocenters. The lowest BCUT2D eigenvalue weighted by molar-refractivity contribution is 0.00578. The van der Waals surface area contributed by atoms with Gasteiger partial charge in [-0.05, 0) is 64.6 Å². The van der Waals surface area contributed by atoms with Gasteiger partial charge in [0.2, 0.25) is 0 Å². The van der Waals surface area contributed by atoms with Crippen molar-refractivity contribution in [3.05, 3.63) is 24.3 Å². The van der Waals surface area contributed by atoms with E-state index >= 15 is 0 Å². The van der Waals surface area contributed by atoms with Crippen LogP contribution in [-0.2, 0) is 9.31 Å². The van der Waals surface area contributed by atoms with Crippen LogP contribution in [0.1, 0.15) is 53.4 Å². The minimum Gasteiger partial charge on any atom is -0.490 e. The summed E-state index contributed by atoms with van der Waals surface area (Å²) in [6.07, 6.45) is 3.53. The van der Waals surface area contributed by atoms with E-state index < -0.39 is 0 Å². The maximum atomic E-state index is 9.73. The van der Waals surface area contributed by atoms with Crippen molar-refractivity contribution in [3.8, 4) is 5.75 Å². The molecular weight excluding hydrogens is 291 g/mol. The van der Waals surface area contributed by atoms with Crippen LogP contribution >= 0.6 is 0 Å². The largest absolute Gasteiger partial charge is 0.494 e. The Bertz CT molecular complexity index is 524. The molecule has 1 aliphatic carbocycles. The third-order valence-electron chi connectivity index (χ3n) is 5.31. The molecule has 2 aliphatic rings. The Hall–Kier alpha value is -1.04. The van der Waals surface area contributed by atoms with Crippen LogP contribution in [0, 0.1) is 0 Å². The number of aliphatic hydroxyl groups excluding tert-OH is 1. The van der Waals surface area contributed by atoms with E-state index in [1.165, 1.54) is 0 Å². The molecule has 2 unspecified atom stereocenters. The van der Waals surface area contributed by atoms with Gasteiger partial charge in [0.25, 0.3) is 0 Å². The summed E-state index contributed by atoms with van der Waals surface area (Å²) in [4.78, 5) is 0. The molecule has 1 saturated carbocycles. The molecular formula is C18H27BO4. The molecule has 4 nitrogen and oxygen atoms in total. The van der Waals surface area contributed by atoms with Crippen LogP contribution in [0.2, 0.25) is 0 Å². The molecule has 1 aromatic rings. The predicted octanol–water partition coefficient (Wildman–Crippen LogP) is 2.67. The molecule has 23 heavy (non-hydrogen) atoms. The van der Waals surface area contributed by atoms with Crippen molar-refractivity contribution in [2.45, 2.75) is 76.8 Å². The average Bonchev–Trinajstić information content (AvgIpc) is 2.68. The maximum Gasteiger partial charge on any atom is 0.494 e. The molecule has 1 heterocycles. The van der Waals surface area contributed by atoms with Crippen LogP contribution in [0.3, 0.4) is 0 Å². The van der Waals surface area contributed by atoms with E-state index in [0.717, 1.165) is 36.9 Å². The molecule has 0 spiro atoms. The highest BCUT2D eigenvalue weighted by Gasteiger charge is 2.51. The fourth-order valence-electron chi connectivity index (χ4n) is 3.10. The SMILES string of the molecule is CC1(C)OB(c2ccc(OC3CCCC(O)C3)cc2)OC1(C)C. The minimum atomic E-state index is -0.342. The van der Waals surface area contributed by atoms with Crippen molar-refractivity contribution in [2.75, 3.05) is 0 Å². The van der Waals surface area contributed by atoms with Crippen LogP contribution in [0.4, 0.5) is 0 Å². The number of hydrogen-bond donors (Lipinski definition) is 1. The summed E-state index contributed by atoms with van der Waals surface area (Å²) >= 11 is 0. The first-order chi connectivity index (χ1) is 10.8. The Kier molecular flexibility index (Phi) is 4.47. The molecule has 0 aromatic heterocycles. The molecule has 1 aromatic carbocycles. The van der Waals surface area contributed by atoms with E-state index in [1.807, 2.05) is 24.3 Å². The Labute approximate surface area is 139 Å². The number of rotatable bonds is 3. The first-order valence-electron chi connectivity index (χ1n) is 8.57. The second kappa shape index (κ2) is 6.12. The third kappa shape index (κ3) is 3.57. The monoisotopic (exact) mass is 318 g/mol. The van der Waals surface area contributed by atoms with Gasteiger partial charge in [0, 0.05) is 6.42 Å². The molecule has 1 aliphatic heterocycles. The molecule has 3 rings (SSSR count). The van der Waals surface area contributed by atoms with E-state index in [4.69, 9.17) is 14.0 Å². The summed E-state index contributed by atoms with van der Waals surface area (Å²) in [6, 6.07) is 7.91. The van der Waals surface area contributed by atoms with Gasteiger partial charge in [-0.2, -0.15) is 0 Å². The Morgan fingerprint density at radius 2 is 1.65 bits per heavy atom. The van der Waals surface area contributed by atoms with Gasteiger partial charge < -0.3 is 19.2 Å². The number of aliphatic hydroxyl groups is 1. The average molecular weight is 318 g/mol. The van der Waals surface area contributed by atoms with E-state index in [1.54, 1.807) is 0 Å². The van der Waals surface area contributed by atoms with Crippen molar-refractivity contribution < 1.29 is 19.2 Å². The standard InChI is InChI=1S/C18H27BO4/c1-17(2)18(3,4)23-19(22-17)13-8-10-15(11-9-13)21-16-7-5-6-14(20)12-16/h8-11,14,16,20H,5-7,12H2,1-4H3. The first kappa shape index (κ1) is 16.8. The predicted molar refractivity (Wildman–Crippen MR) is 91.0 cm³/mol. The summed E-state index contributed by atoms with van der Waals surface area (Å²) in [5.74, 6) is 0.837. The second-order valence-electron chi connectivity index (χ2n) is 7.72. The molecule has 126 valence electrons. The second-order valence-corrected chi connectivity index (χ2v) is 7.72. The Morgan fingerprint density at radius 3 is 2.22 bits per heavy atom. The van der Waals surface area contributed by atoms with Crippen LogP contribution in [0.25, 0.3) is 0 Å². The van der Waals surface area contributed by atoms with Crippen molar-refractivity contribution in [1.29, 1.82) is 0 Å². The molecule has 1 saturated heterocycles. The number of benzene rings is 1. The van der Waals surface area contributed by atoms with Gasteiger partial charge in [-0.25, -0.2) is 0 Å². The molecule has 0 radical (unpaired) electrons. The molecule has 0 amide bonds. The van der Waals surface area contributed by atoms with Crippen LogP contribution in [0.15, 0.2) is 24.3 Å². The van der Waals surface area contributed by atoms with Crippen LogP contribution in [0.5, 0.6) is 5.75 Å². The molecule has 1 N–H and O–H groups in total. The summed E-state index contributed by atoms with van der Waals surface area (Å²) in [6.45, 7) is 8.22. The Balaban J connectivity index is 1.64. The van der Waals surface area contributed by atoms with E-state index in [-0.39, 0.29) is 30.5 Å². The lowest BCUT2D eigenvalue weighted by atomic mass is 9.79. The van der Waals surface area contributed by atoms with Gasteiger partial charge in [0.1, 0.15) is 11.9 Å². The van der Waals surface area contributed by atoms with E-state index in [0.29, 0.717) is 0 Å². The third-order valence-corrected chi connectivity index (χ3v) is 5.31. The van der Waals surface area contributed by atoms with E-state index in [9.17, 15) is 5.11 Å². The van der Waals surface area contributed by atoms with Crippen molar-refractivity contribution in [1.82, 2.24) is 0 Å². The normalized spacial score (nSPS) is 29.5. The van der Waals surface area contributed by atoms with Crippen molar-refractivity contribution in [3.63, 3.8) is 0 Å². The van der Waals surface area contributed by atoms with Gasteiger partial charge in [-0.3, -0.25) is 0 Å². The van der Waals surface area contributed by atoms with Gasteiger partial charge in [0.15, 0.2) is 0 Å². The summed E-state index contributed by atoms with van der Waals surface area (Å²) in [5.41, 5.74) is 0.343. The van der Waals surface area contributed by atoms with Gasteiger partial charge in [0.05, 0.1) is 17.3 Å². The minimum absolute atomic E-state index is 0.112. The number of ether oxygens (including phenoxy) is 1. The lowest BCUT2D eigenvalue weighted by Gasteiger charge is -2.32. The highest BCUT2D eigenvalue weighted by molar-refractivity contribution is 6.62. The summed E-state index contributed by atoms with van der Waals surface area (Å²) in [5, 5.41) is 9.73. The van der Waals surface area contributed by atoms with Gasteiger partial charge in [-0.15, -0.1) is 0 Å². The van der Waals surface area contributed by atoms with Crippen LogP contribution in [-0.4, -0.2) is 35.6 Å². The summed E-state index contributed by atoms with van der Waals surface area (Å²) < 4.78 is 18.1. The van der Waals surface area contributed by atoms with Crippen molar-refractivity contribution in [2.24, 2.45) is 0 Å². The van der Waals surface area contributed by atoms with Gasteiger partial charge >= 0.3 is 7.12 Å². The van der Waals surface area contributed by atoms with E-state index in [2.05, 4.69) is 27.7 Å². The quantitative estimate of drug-likeness (QED) is 0.871. The zero-order chi connectivity index (χ0) is 16.7. The van der Waals surface area contributed by atoms with Crippen molar-refractivity contribution >= 4 is 12.6 Å². The molecule has 0 bridgehead atoms. The zero-order valence-corrected chi connectivity index (χ0v) is 14.5. The highest BCUT2D eigenvalue weighted by Crippen LogP contribution is 2.36. The first-order valence-corrected chi connectivity index (χ1v) is 8.57. The topological polar surface area (TPSA) is 47.9 Å². The fourth-order valence-corrected chi connectivity index (χ4v) is 3.10. The lowest BCUT2D eigenvalue weighted by Crippen LogP contribution is -2.41. The zero-order valence-electron chi connectivity index (χ0n) is 14.5. The van der Waals surface area contributed by atoms with Crippen LogP contribution < -0.4 is 10.2 Å². The smallest absolute Gasteiger partial charge is 0.490 e. The van der Waals surface area contributed by atoms with Gasteiger partial charge in [-0.1, -0.05) is 12.1 Å². The number of hydrogen-bond acceptors (Lipinski definition) is 4.